The number of fused-ring (bicyclic) bond motifs is 4. The van der Waals surface area contributed by atoms with Crippen LogP contribution in [0.2, 0.25) is 0 Å². The van der Waals surface area contributed by atoms with Gasteiger partial charge in [-0.1, -0.05) is 63.2 Å². The number of phenolic OH excluding ortho intramolecular Hbond substituents is 1. The van der Waals surface area contributed by atoms with Crippen LogP contribution in [0.15, 0.2) is 54.6 Å². The van der Waals surface area contributed by atoms with Gasteiger partial charge in [-0.25, -0.2) is 4.79 Å². The zero-order valence-electron chi connectivity index (χ0n) is 30.4. The molecule has 3 amide bonds. The standard InChI is InChI=1S/C41H42N4O9/c1-17(2)20-6-7-21-15-22(16-23(21)14-20)19-8-10-24(11-9-19)43-40(53)44-26-13-12-25-18(3)27-29(34(47)28(25)33(26)46)37(50)41(54)31(35(27)48)32(45(4)5)36(49)30(38(41)51)39(42)52/h6-15,17-18,27,29-32,35,46,48,54H,16H2,1-5H3,(H2,42,52)(H2,43,44,53)/t18-,27+,29?,30?,31+,32-,35-,41-/m0/s1. The lowest BCUT2D eigenvalue weighted by Gasteiger charge is -2.56. The molecule has 0 bridgehead atoms. The molecule has 2 unspecified atom stereocenters. The molecule has 0 saturated heterocycles. The highest BCUT2D eigenvalue weighted by molar-refractivity contribution is 6.32. The van der Waals surface area contributed by atoms with Gasteiger partial charge in [0.2, 0.25) is 5.91 Å². The number of nitrogens with two attached hydrogens (primary N) is 1. The van der Waals surface area contributed by atoms with Crippen molar-refractivity contribution < 1.29 is 44.1 Å². The van der Waals surface area contributed by atoms with Crippen molar-refractivity contribution >= 4 is 58.1 Å². The Morgan fingerprint density at radius 1 is 0.963 bits per heavy atom. The molecule has 4 aliphatic carbocycles. The van der Waals surface area contributed by atoms with Crippen LogP contribution in [-0.2, 0) is 25.6 Å². The number of Topliss-reactive ketones (excluding diaryl/α,β-unsaturated/α-hetero) is 4. The second-order valence-corrected chi connectivity index (χ2v) is 15.4. The highest BCUT2D eigenvalue weighted by Gasteiger charge is 2.73. The molecule has 54 heavy (non-hydrogen) atoms. The van der Waals surface area contributed by atoms with Gasteiger partial charge < -0.3 is 31.7 Å². The number of anilines is 2. The third-order valence-electron chi connectivity index (χ3n) is 11.8. The van der Waals surface area contributed by atoms with E-state index in [2.05, 4.69) is 48.8 Å². The third kappa shape index (κ3) is 5.48. The average molecular weight is 735 g/mol. The zero-order valence-corrected chi connectivity index (χ0v) is 30.4. The van der Waals surface area contributed by atoms with E-state index in [1.807, 2.05) is 12.1 Å². The molecule has 4 aliphatic rings. The molecule has 8 atom stereocenters. The Morgan fingerprint density at radius 3 is 2.28 bits per heavy atom. The second-order valence-electron chi connectivity index (χ2n) is 15.4. The van der Waals surface area contributed by atoms with Crippen LogP contribution < -0.4 is 16.4 Å². The lowest BCUT2D eigenvalue weighted by atomic mass is 9.49. The van der Waals surface area contributed by atoms with E-state index in [0.717, 1.165) is 17.6 Å². The van der Waals surface area contributed by atoms with Gasteiger partial charge >= 0.3 is 6.03 Å². The van der Waals surface area contributed by atoms with E-state index in [1.165, 1.54) is 47.8 Å². The van der Waals surface area contributed by atoms with Gasteiger partial charge in [0.25, 0.3) is 0 Å². The minimum absolute atomic E-state index is 0.155. The number of allylic oxidation sites excluding steroid dienone is 1. The Labute approximate surface area is 311 Å². The predicted octanol–water partition coefficient (Wildman–Crippen LogP) is 3.26. The number of primary amides is 1. The van der Waals surface area contributed by atoms with Crippen LogP contribution in [0.3, 0.4) is 0 Å². The fourth-order valence-corrected chi connectivity index (χ4v) is 9.05. The van der Waals surface area contributed by atoms with Crippen LogP contribution in [0.4, 0.5) is 16.2 Å². The van der Waals surface area contributed by atoms with Gasteiger partial charge in [0.15, 0.2) is 34.7 Å². The zero-order chi connectivity index (χ0) is 39.1. The van der Waals surface area contributed by atoms with Crippen molar-refractivity contribution in [2.45, 2.75) is 56.8 Å². The number of benzene rings is 3. The van der Waals surface area contributed by atoms with E-state index in [4.69, 9.17) is 5.73 Å². The fraction of sp³-hybridized carbons (Fsp3) is 0.366. The summed E-state index contributed by atoms with van der Waals surface area (Å²) >= 11 is 0. The number of aliphatic hydroxyl groups excluding tert-OH is 1. The van der Waals surface area contributed by atoms with E-state index >= 15 is 0 Å². The molecule has 280 valence electrons. The van der Waals surface area contributed by atoms with Crippen LogP contribution in [0.1, 0.15) is 70.8 Å². The van der Waals surface area contributed by atoms with E-state index in [-0.39, 0.29) is 16.8 Å². The molecule has 0 aromatic heterocycles. The topological polar surface area (TPSA) is 216 Å². The Hall–Kier alpha value is -5.50. The van der Waals surface area contributed by atoms with Gasteiger partial charge in [0.1, 0.15) is 5.75 Å². The van der Waals surface area contributed by atoms with Crippen LogP contribution in [0.25, 0.3) is 11.6 Å². The molecule has 0 heterocycles. The minimum atomic E-state index is -3.10. The number of amides is 3. The maximum absolute atomic E-state index is 14.2. The first-order valence-corrected chi connectivity index (χ1v) is 17.9. The van der Waals surface area contributed by atoms with Crippen molar-refractivity contribution in [1.82, 2.24) is 4.90 Å². The van der Waals surface area contributed by atoms with Gasteiger partial charge in [-0.3, -0.25) is 28.9 Å². The monoisotopic (exact) mass is 734 g/mol. The van der Waals surface area contributed by atoms with Crippen molar-refractivity contribution in [3.05, 3.63) is 88.0 Å². The Morgan fingerprint density at radius 2 is 1.65 bits per heavy atom. The molecular formula is C41H42N4O9. The molecule has 0 spiro atoms. The summed E-state index contributed by atoms with van der Waals surface area (Å²) in [6, 6.07) is 14.5. The number of nitrogens with one attached hydrogen (secondary N) is 2. The highest BCUT2D eigenvalue weighted by atomic mass is 16.3. The van der Waals surface area contributed by atoms with Gasteiger partial charge in [0.05, 0.1) is 35.2 Å². The summed E-state index contributed by atoms with van der Waals surface area (Å²) in [5.74, 6) is -14.1. The molecule has 0 radical (unpaired) electrons. The van der Waals surface area contributed by atoms with Gasteiger partial charge in [0, 0.05) is 11.6 Å². The summed E-state index contributed by atoms with van der Waals surface area (Å²) in [6.45, 7) is 5.94. The summed E-state index contributed by atoms with van der Waals surface area (Å²) in [4.78, 5) is 82.0. The number of aliphatic hydroxyl groups is 2. The molecule has 7 rings (SSSR count). The van der Waals surface area contributed by atoms with Gasteiger partial charge in [-0.05, 0) is 83.9 Å². The van der Waals surface area contributed by atoms with E-state index in [1.54, 1.807) is 19.1 Å². The predicted molar refractivity (Wildman–Crippen MR) is 199 cm³/mol. The van der Waals surface area contributed by atoms with E-state index < -0.39 is 88.2 Å². The molecule has 3 aromatic carbocycles. The maximum Gasteiger partial charge on any atom is 0.323 e. The molecule has 7 N–H and O–H groups in total. The minimum Gasteiger partial charge on any atom is -0.505 e. The van der Waals surface area contributed by atoms with E-state index in [0.29, 0.717) is 11.6 Å². The number of aromatic hydroxyl groups is 1. The number of likely N-dealkylation sites (N-methyl/N-ethyl adjacent to an activating group) is 1. The number of carbonyl (C=O) groups excluding carboxylic acids is 6. The lowest BCUT2D eigenvalue weighted by Crippen LogP contribution is -2.77. The Bertz CT molecular complexity index is 2190. The summed E-state index contributed by atoms with van der Waals surface area (Å²) < 4.78 is 0. The van der Waals surface area contributed by atoms with Crippen LogP contribution in [-0.4, -0.2) is 87.1 Å². The fourth-order valence-electron chi connectivity index (χ4n) is 9.05. The molecule has 2 saturated carbocycles. The normalized spacial score (nSPS) is 28.6. The first-order chi connectivity index (χ1) is 25.5. The highest BCUT2D eigenvalue weighted by Crippen LogP contribution is 2.55. The quantitative estimate of drug-likeness (QED) is 0.161. The molecule has 3 aromatic rings. The summed E-state index contributed by atoms with van der Waals surface area (Å²) in [5.41, 5.74) is 8.40. The number of hydrogen-bond acceptors (Lipinski definition) is 10. The third-order valence-corrected chi connectivity index (χ3v) is 11.8. The first-order valence-electron chi connectivity index (χ1n) is 17.9. The Balaban J connectivity index is 1.12. The number of hydrogen-bond donors (Lipinski definition) is 6. The van der Waals surface area contributed by atoms with Crippen LogP contribution >= 0.6 is 0 Å². The average Bonchev–Trinajstić information content (AvgIpc) is 3.54. The SMILES string of the molecule is CC(C)c1ccc2c(c1)CC(c1ccc(NC(=O)Nc3ccc4c(c3O)C(=O)C3C(=O)[C@]5(O)C(=O)C(C(N)=O)C(=O)[C@@H](N(C)C)[C@@H]5[C@@H](O)[C@@H]3[C@H]4C)cc1)=C2. The summed E-state index contributed by atoms with van der Waals surface area (Å²) in [6.07, 6.45) is 1.21. The summed E-state index contributed by atoms with van der Waals surface area (Å²) in [5, 5.41) is 40.2. The Kier molecular flexibility index (Phi) is 8.95. The smallest absolute Gasteiger partial charge is 0.323 e. The number of urea groups is 1. The molecule has 2 fully saturated rings. The van der Waals surface area contributed by atoms with Crippen LogP contribution in [0, 0.1) is 23.7 Å². The molecular weight excluding hydrogens is 692 g/mol. The van der Waals surface area contributed by atoms with Crippen molar-refractivity contribution in [1.29, 1.82) is 0 Å². The summed E-state index contributed by atoms with van der Waals surface area (Å²) in [7, 11) is 2.86. The van der Waals surface area contributed by atoms with Crippen LogP contribution in [0.5, 0.6) is 5.75 Å². The molecule has 13 heteroatoms. The van der Waals surface area contributed by atoms with Crippen molar-refractivity contribution in [2.24, 2.45) is 29.4 Å². The van der Waals surface area contributed by atoms with Crippen molar-refractivity contribution in [2.75, 3.05) is 24.7 Å². The number of phenols is 1. The lowest BCUT2D eigenvalue weighted by molar-refractivity contribution is -0.196. The first kappa shape index (κ1) is 36.8. The van der Waals surface area contributed by atoms with Crippen molar-refractivity contribution in [3.8, 4) is 5.75 Å². The number of rotatable bonds is 6. The maximum atomic E-state index is 14.2. The number of nitrogens with zero attached hydrogens (tertiary/aromatic N) is 1. The number of ketones is 4. The van der Waals surface area contributed by atoms with Crippen molar-refractivity contribution in [3.63, 3.8) is 0 Å². The van der Waals surface area contributed by atoms with Gasteiger partial charge in [-0.15, -0.1) is 0 Å². The van der Waals surface area contributed by atoms with E-state index in [9.17, 15) is 44.1 Å². The largest absolute Gasteiger partial charge is 0.505 e. The molecule has 13 nitrogen and oxygen atoms in total. The number of carbonyl (C=O) groups is 6. The second kappa shape index (κ2) is 13.1. The van der Waals surface area contributed by atoms with Gasteiger partial charge in [-0.2, -0.15) is 0 Å². The molecule has 0 aliphatic heterocycles.